The van der Waals surface area contributed by atoms with Crippen molar-refractivity contribution in [3.63, 3.8) is 0 Å². The van der Waals surface area contributed by atoms with Gasteiger partial charge in [-0.1, -0.05) is 50.8 Å². The molecule has 138 valence electrons. The Morgan fingerprint density at radius 2 is 1.80 bits per heavy atom. The molecule has 0 amide bonds. The number of carbonyl (C=O) groups excluding carboxylic acids is 1. The zero-order chi connectivity index (χ0) is 18.3. The highest BCUT2D eigenvalue weighted by Gasteiger charge is 2.47. The van der Waals surface area contributed by atoms with E-state index in [4.69, 9.17) is 13.6 Å². The lowest BCUT2D eigenvalue weighted by molar-refractivity contribution is -0.138. The molecule has 0 atom stereocenters. The van der Waals surface area contributed by atoms with Gasteiger partial charge in [-0.2, -0.15) is 0 Å². The highest BCUT2D eigenvalue weighted by Crippen LogP contribution is 2.35. The molecular weight excluding hydrogens is 332 g/mol. The topological polar surface area (TPSA) is 44.8 Å². The van der Waals surface area contributed by atoms with E-state index in [1.807, 2.05) is 18.2 Å². The monoisotopic (exact) mass is 362 g/mol. The molecule has 1 heterocycles. The molecule has 1 saturated heterocycles. The second kappa shape index (κ2) is 8.78. The van der Waals surface area contributed by atoms with Crippen LogP contribution in [0, 0.1) is 5.41 Å². The molecule has 1 aromatic carbocycles. The third-order valence-corrected chi connectivity index (χ3v) is 8.13. The van der Waals surface area contributed by atoms with Crippen molar-refractivity contribution in [1.82, 2.24) is 0 Å². The first-order chi connectivity index (χ1) is 11.9. The van der Waals surface area contributed by atoms with E-state index in [0.29, 0.717) is 18.8 Å². The van der Waals surface area contributed by atoms with E-state index in [9.17, 15) is 4.79 Å². The average molecular weight is 363 g/mol. The van der Waals surface area contributed by atoms with Crippen LogP contribution in [0.4, 0.5) is 0 Å². The quantitative estimate of drug-likeness (QED) is 0.395. The van der Waals surface area contributed by atoms with Crippen LogP contribution in [0.25, 0.3) is 0 Å². The van der Waals surface area contributed by atoms with Crippen LogP contribution in [-0.4, -0.2) is 34.0 Å². The first-order valence-electron chi connectivity index (χ1n) is 9.09. The van der Waals surface area contributed by atoms with Gasteiger partial charge in [-0.25, -0.2) is 4.79 Å². The highest BCUT2D eigenvalue weighted by molar-refractivity contribution is 6.67. The Morgan fingerprint density at radius 3 is 2.32 bits per heavy atom. The van der Waals surface area contributed by atoms with Crippen molar-refractivity contribution in [3.8, 4) is 0 Å². The number of ether oxygens (including phenoxy) is 1. The standard InChI is InChI=1S/C20H30O4Si/c1-5-20(6-2)14-23-25(24-15-20,16-22-19(21)17(3)4)13-12-18-10-8-7-9-11-18/h7-11H,3,5-6,12-16H2,1-2,4H3. The van der Waals surface area contributed by atoms with Gasteiger partial charge in [0, 0.05) is 24.2 Å². The van der Waals surface area contributed by atoms with Crippen LogP contribution >= 0.6 is 0 Å². The molecule has 0 N–H and O–H groups in total. The van der Waals surface area contributed by atoms with Crippen molar-refractivity contribution in [3.05, 3.63) is 48.0 Å². The summed E-state index contributed by atoms with van der Waals surface area (Å²) in [6.45, 7) is 11.0. The van der Waals surface area contributed by atoms with Crippen LogP contribution in [0.3, 0.4) is 0 Å². The Balaban J connectivity index is 2.06. The molecule has 0 radical (unpaired) electrons. The first-order valence-corrected chi connectivity index (χ1v) is 11.3. The molecule has 1 aromatic rings. The molecule has 0 saturated carbocycles. The average Bonchev–Trinajstić information content (AvgIpc) is 2.66. The van der Waals surface area contributed by atoms with Crippen molar-refractivity contribution < 1.29 is 18.4 Å². The molecule has 0 spiro atoms. The molecule has 2 rings (SSSR count). The Hall–Kier alpha value is -1.43. The SMILES string of the molecule is C=C(C)C(=O)OC[Si]1(CCc2ccccc2)OCC(CC)(CC)CO1. The third kappa shape index (κ3) is 5.27. The van der Waals surface area contributed by atoms with Gasteiger partial charge in [-0.15, -0.1) is 0 Å². The maximum absolute atomic E-state index is 11.8. The van der Waals surface area contributed by atoms with E-state index >= 15 is 0 Å². The lowest BCUT2D eigenvalue weighted by Gasteiger charge is -2.44. The van der Waals surface area contributed by atoms with Gasteiger partial charge >= 0.3 is 14.5 Å². The van der Waals surface area contributed by atoms with Crippen molar-refractivity contribution in [2.45, 2.75) is 46.1 Å². The zero-order valence-corrected chi connectivity index (χ0v) is 16.7. The fourth-order valence-electron chi connectivity index (χ4n) is 2.89. The number of esters is 1. The minimum Gasteiger partial charge on any atom is -0.460 e. The third-order valence-electron chi connectivity index (χ3n) is 5.19. The molecule has 1 aliphatic heterocycles. The fraction of sp³-hybridized carbons (Fsp3) is 0.550. The smallest absolute Gasteiger partial charge is 0.377 e. The highest BCUT2D eigenvalue weighted by atomic mass is 28.4. The number of hydrogen-bond donors (Lipinski definition) is 0. The van der Waals surface area contributed by atoms with Crippen LogP contribution in [0.2, 0.25) is 6.04 Å². The normalized spacial score (nSPS) is 18.5. The van der Waals surface area contributed by atoms with Gasteiger partial charge in [0.2, 0.25) is 0 Å². The van der Waals surface area contributed by atoms with Crippen molar-refractivity contribution >= 4 is 14.5 Å². The van der Waals surface area contributed by atoms with Crippen LogP contribution in [0.5, 0.6) is 0 Å². The second-order valence-corrected chi connectivity index (χ2v) is 10.2. The zero-order valence-electron chi connectivity index (χ0n) is 15.7. The minimum atomic E-state index is -2.58. The number of benzene rings is 1. The number of hydrogen-bond acceptors (Lipinski definition) is 4. The van der Waals surface area contributed by atoms with Crippen molar-refractivity contribution in [1.29, 1.82) is 0 Å². The summed E-state index contributed by atoms with van der Waals surface area (Å²) in [5.74, 6) is -0.374. The van der Waals surface area contributed by atoms with Gasteiger partial charge in [0.25, 0.3) is 0 Å². The van der Waals surface area contributed by atoms with E-state index in [-0.39, 0.29) is 17.6 Å². The van der Waals surface area contributed by atoms with Crippen molar-refractivity contribution in [2.75, 3.05) is 19.4 Å². The summed E-state index contributed by atoms with van der Waals surface area (Å²) in [5.41, 5.74) is 1.73. The summed E-state index contributed by atoms with van der Waals surface area (Å²) < 4.78 is 18.1. The Morgan fingerprint density at radius 1 is 1.20 bits per heavy atom. The van der Waals surface area contributed by atoms with E-state index in [2.05, 4.69) is 32.6 Å². The maximum Gasteiger partial charge on any atom is 0.377 e. The second-order valence-electron chi connectivity index (χ2n) is 7.04. The summed E-state index contributed by atoms with van der Waals surface area (Å²) in [7, 11) is -2.58. The minimum absolute atomic E-state index is 0.0849. The molecule has 0 unspecified atom stereocenters. The summed E-state index contributed by atoms with van der Waals surface area (Å²) >= 11 is 0. The fourth-order valence-corrected chi connectivity index (χ4v) is 5.73. The molecule has 0 aliphatic carbocycles. The molecule has 25 heavy (non-hydrogen) atoms. The van der Waals surface area contributed by atoms with E-state index in [1.54, 1.807) is 6.92 Å². The molecular formula is C20H30O4Si. The Kier molecular flexibility index (Phi) is 6.99. The molecule has 1 aliphatic rings. The first kappa shape index (κ1) is 19.9. The molecule has 0 bridgehead atoms. The summed E-state index contributed by atoms with van der Waals surface area (Å²) in [5, 5.41) is 0. The van der Waals surface area contributed by atoms with Gasteiger partial charge < -0.3 is 13.6 Å². The van der Waals surface area contributed by atoms with Crippen LogP contribution in [-0.2, 0) is 24.8 Å². The maximum atomic E-state index is 11.8. The van der Waals surface area contributed by atoms with E-state index < -0.39 is 8.56 Å². The predicted molar refractivity (Wildman–Crippen MR) is 101 cm³/mol. The van der Waals surface area contributed by atoms with Gasteiger partial charge in [0.05, 0.1) is 0 Å². The summed E-state index contributed by atoms with van der Waals surface area (Å²) in [6, 6.07) is 11.1. The van der Waals surface area contributed by atoms with Crippen LogP contribution < -0.4 is 0 Å². The Bertz CT molecular complexity index is 571. The molecule has 1 fully saturated rings. The molecule has 5 heteroatoms. The lowest BCUT2D eigenvalue weighted by Crippen LogP contribution is -2.57. The van der Waals surface area contributed by atoms with Gasteiger partial charge in [-0.05, 0) is 37.8 Å². The molecule has 4 nitrogen and oxygen atoms in total. The van der Waals surface area contributed by atoms with Crippen LogP contribution in [0.1, 0.15) is 39.2 Å². The lowest BCUT2D eigenvalue weighted by atomic mass is 9.84. The summed E-state index contributed by atoms with van der Waals surface area (Å²) in [4.78, 5) is 11.8. The number of carbonyl (C=O) groups is 1. The molecule has 0 aromatic heterocycles. The Labute approximate surface area is 152 Å². The van der Waals surface area contributed by atoms with Gasteiger partial charge in [-0.3, -0.25) is 0 Å². The predicted octanol–water partition coefficient (Wildman–Crippen LogP) is 4.18. The van der Waals surface area contributed by atoms with Gasteiger partial charge in [0.1, 0.15) is 6.23 Å². The summed E-state index contributed by atoms with van der Waals surface area (Å²) in [6.07, 6.45) is 3.15. The van der Waals surface area contributed by atoms with Crippen LogP contribution in [0.15, 0.2) is 42.5 Å². The largest absolute Gasteiger partial charge is 0.460 e. The van der Waals surface area contributed by atoms with Gasteiger partial charge in [0.15, 0.2) is 0 Å². The van der Waals surface area contributed by atoms with E-state index in [0.717, 1.165) is 25.3 Å². The number of aryl methyl sites for hydroxylation is 1. The van der Waals surface area contributed by atoms with Crippen molar-refractivity contribution in [2.24, 2.45) is 5.41 Å². The van der Waals surface area contributed by atoms with E-state index in [1.165, 1.54) is 5.56 Å². The number of rotatable bonds is 8.